The van der Waals surface area contributed by atoms with E-state index in [9.17, 15) is 39.9 Å². The average molecular weight is 699 g/mol. The van der Waals surface area contributed by atoms with Crippen molar-refractivity contribution in [2.75, 3.05) is 39.5 Å². The van der Waals surface area contributed by atoms with Gasteiger partial charge in [0, 0.05) is 76.3 Å². The summed E-state index contributed by atoms with van der Waals surface area (Å²) in [5.41, 5.74) is 0. The van der Waals surface area contributed by atoms with Crippen LogP contribution in [0.3, 0.4) is 0 Å². The van der Waals surface area contributed by atoms with Gasteiger partial charge in [0.25, 0.3) is 0 Å². The molecule has 0 radical (unpaired) electrons. The molecule has 0 fully saturated rings. The van der Waals surface area contributed by atoms with Crippen LogP contribution in [0.4, 0.5) is 0 Å². The topological polar surface area (TPSA) is 223 Å². The second-order valence-corrected chi connectivity index (χ2v) is 11.6. The molecule has 2 aromatic heterocycles. The Morgan fingerprint density at radius 2 is 1.02 bits per heavy atom. The Balaban J connectivity index is 1.27. The van der Waals surface area contributed by atoms with Gasteiger partial charge in [0.1, 0.15) is 0 Å². The Morgan fingerprint density at radius 3 is 1.55 bits per heavy atom. The molecule has 278 valence electrons. The lowest BCUT2D eigenvalue weighted by molar-refractivity contribution is -0.145. The van der Waals surface area contributed by atoms with E-state index >= 15 is 0 Å². The third kappa shape index (κ3) is 18.8. The smallest absolute Gasteiger partial charge is 0.333 e. The van der Waals surface area contributed by atoms with E-state index in [0.29, 0.717) is 63.5 Å². The maximum absolute atomic E-state index is 11.9. The summed E-state index contributed by atoms with van der Waals surface area (Å²) < 4.78 is 12.4. The number of hydrogen-bond donors (Lipinski definition) is 7. The van der Waals surface area contributed by atoms with E-state index in [2.05, 4.69) is 10.6 Å². The molecule has 0 saturated heterocycles. The standard InChI is InChI=1S/C33H54N4O12/c38-26(34-20-9-5-1-3-7-12-32(44)48-36-28(40)14-15-29(36)41)18-24-46-22-11-23-47-25-19-27(39)35-21-10-6-2-4-8-13-33(45)49-37-30(42)16-17-31(37)43/h14-17,32,40-44H,1-13,18-25H2,(H,34,38)(H,35,39). The molecule has 2 rings (SSSR count). The summed E-state index contributed by atoms with van der Waals surface area (Å²) in [4.78, 5) is 45.6. The molecule has 1 unspecified atom stereocenters. The molecule has 0 aliphatic carbocycles. The van der Waals surface area contributed by atoms with E-state index in [0.717, 1.165) is 62.5 Å². The minimum atomic E-state index is -1.13. The lowest BCUT2D eigenvalue weighted by Gasteiger charge is -2.14. The fourth-order valence-electron chi connectivity index (χ4n) is 4.66. The Labute approximate surface area is 286 Å². The number of aliphatic hydroxyl groups is 1. The highest BCUT2D eigenvalue weighted by molar-refractivity contribution is 5.76. The first kappa shape index (κ1) is 41.0. The molecule has 0 spiro atoms. The van der Waals surface area contributed by atoms with E-state index in [4.69, 9.17) is 19.1 Å². The number of aromatic hydroxyl groups is 4. The molecule has 2 aromatic rings. The van der Waals surface area contributed by atoms with Crippen LogP contribution in [0.15, 0.2) is 24.3 Å². The number of carbonyl (C=O) groups is 3. The van der Waals surface area contributed by atoms with E-state index < -0.39 is 12.3 Å². The van der Waals surface area contributed by atoms with Gasteiger partial charge in [-0.1, -0.05) is 38.5 Å². The molecule has 0 bridgehead atoms. The zero-order chi connectivity index (χ0) is 35.7. The Morgan fingerprint density at radius 1 is 0.571 bits per heavy atom. The summed E-state index contributed by atoms with van der Waals surface area (Å²) in [5.74, 6) is -1.95. The van der Waals surface area contributed by atoms with Gasteiger partial charge < -0.3 is 55.3 Å². The van der Waals surface area contributed by atoms with Crippen LogP contribution in [0.2, 0.25) is 0 Å². The second kappa shape index (κ2) is 24.9. The van der Waals surface area contributed by atoms with Gasteiger partial charge in [0.2, 0.25) is 41.6 Å². The van der Waals surface area contributed by atoms with Crippen molar-refractivity contribution in [1.29, 1.82) is 0 Å². The molecule has 16 nitrogen and oxygen atoms in total. The Bertz CT molecular complexity index is 1180. The summed E-state index contributed by atoms with van der Waals surface area (Å²) in [6.45, 7) is 2.75. The maximum Gasteiger partial charge on any atom is 0.333 e. The average Bonchev–Trinajstić information content (AvgIpc) is 3.56. The van der Waals surface area contributed by atoms with Crippen LogP contribution < -0.4 is 20.3 Å². The molecular weight excluding hydrogens is 644 g/mol. The van der Waals surface area contributed by atoms with Crippen molar-refractivity contribution in [3.05, 3.63) is 24.3 Å². The lowest BCUT2D eigenvalue weighted by atomic mass is 10.1. The van der Waals surface area contributed by atoms with Gasteiger partial charge >= 0.3 is 5.97 Å². The monoisotopic (exact) mass is 698 g/mol. The summed E-state index contributed by atoms with van der Waals surface area (Å²) in [7, 11) is 0. The summed E-state index contributed by atoms with van der Waals surface area (Å²) in [6.07, 6.45) is 9.08. The van der Waals surface area contributed by atoms with Crippen molar-refractivity contribution in [2.45, 2.75) is 103 Å². The molecule has 0 aromatic carbocycles. The molecule has 2 amide bonds. The van der Waals surface area contributed by atoms with Crippen LogP contribution in [0.1, 0.15) is 96.3 Å². The largest absolute Gasteiger partial charge is 0.492 e. The predicted octanol–water partition coefficient (Wildman–Crippen LogP) is 2.63. The lowest BCUT2D eigenvalue weighted by Crippen LogP contribution is -2.25. The van der Waals surface area contributed by atoms with Crippen LogP contribution in [0, 0.1) is 0 Å². The number of nitrogens with one attached hydrogen (secondary N) is 2. The van der Waals surface area contributed by atoms with Gasteiger partial charge in [-0.05, 0) is 32.1 Å². The molecule has 1 atom stereocenters. The van der Waals surface area contributed by atoms with Gasteiger partial charge in [-0.25, -0.2) is 4.79 Å². The van der Waals surface area contributed by atoms with E-state index in [1.165, 1.54) is 24.3 Å². The molecule has 7 N–H and O–H groups in total. The minimum absolute atomic E-state index is 0.0601. The van der Waals surface area contributed by atoms with Crippen molar-refractivity contribution in [3.63, 3.8) is 0 Å². The first-order chi connectivity index (χ1) is 23.7. The number of aliphatic hydroxyl groups excluding tert-OH is 1. The van der Waals surface area contributed by atoms with Crippen molar-refractivity contribution in [2.24, 2.45) is 0 Å². The summed E-state index contributed by atoms with van der Waals surface area (Å²) in [6, 6.07) is 4.97. The van der Waals surface area contributed by atoms with Crippen LogP contribution in [-0.2, 0) is 23.9 Å². The predicted molar refractivity (Wildman–Crippen MR) is 177 cm³/mol. The zero-order valence-corrected chi connectivity index (χ0v) is 28.2. The van der Waals surface area contributed by atoms with Gasteiger partial charge in [-0.15, -0.1) is 9.46 Å². The molecule has 0 aliphatic rings. The van der Waals surface area contributed by atoms with Crippen LogP contribution >= 0.6 is 0 Å². The first-order valence-electron chi connectivity index (χ1n) is 17.1. The van der Waals surface area contributed by atoms with E-state index in [1.54, 1.807) is 0 Å². The number of amides is 2. The Kier molecular flexibility index (Phi) is 20.9. The fourth-order valence-corrected chi connectivity index (χ4v) is 4.66. The van der Waals surface area contributed by atoms with E-state index in [-0.39, 0.29) is 54.6 Å². The van der Waals surface area contributed by atoms with Crippen LogP contribution in [-0.4, -0.2) is 98.6 Å². The van der Waals surface area contributed by atoms with Crippen LogP contribution in [0.5, 0.6) is 23.5 Å². The third-order valence-corrected chi connectivity index (χ3v) is 7.37. The summed E-state index contributed by atoms with van der Waals surface area (Å²) >= 11 is 0. The van der Waals surface area contributed by atoms with Crippen molar-refractivity contribution in [1.82, 2.24) is 20.1 Å². The minimum Gasteiger partial charge on any atom is -0.492 e. The number of ether oxygens (including phenoxy) is 2. The van der Waals surface area contributed by atoms with Gasteiger partial charge in [0.05, 0.1) is 13.2 Å². The highest BCUT2D eigenvalue weighted by Gasteiger charge is 2.13. The second-order valence-electron chi connectivity index (χ2n) is 11.6. The highest BCUT2D eigenvalue weighted by Crippen LogP contribution is 2.20. The maximum atomic E-state index is 11.9. The van der Waals surface area contributed by atoms with Crippen LogP contribution in [0.25, 0.3) is 0 Å². The summed E-state index contributed by atoms with van der Waals surface area (Å²) in [5, 5.41) is 53.6. The number of nitrogens with zero attached hydrogens (tertiary/aromatic N) is 2. The number of rotatable bonds is 29. The van der Waals surface area contributed by atoms with E-state index in [1.807, 2.05) is 0 Å². The highest BCUT2D eigenvalue weighted by atomic mass is 16.7. The molecule has 0 aliphatic heterocycles. The van der Waals surface area contributed by atoms with Gasteiger partial charge in [0.15, 0.2) is 0 Å². The molecule has 0 saturated carbocycles. The SMILES string of the molecule is O=C(CCOCCCOCCC(=O)NCCCCCCCC(O)On1c(O)ccc1O)NCCCCCCCC(=O)On1c(O)ccc1O. The number of aromatic nitrogens is 2. The molecule has 49 heavy (non-hydrogen) atoms. The number of hydrogen-bond acceptors (Lipinski definition) is 12. The normalized spacial score (nSPS) is 11.7. The third-order valence-electron chi connectivity index (χ3n) is 7.37. The molecule has 2 heterocycles. The van der Waals surface area contributed by atoms with Gasteiger partial charge in [-0.2, -0.15) is 0 Å². The fraction of sp³-hybridized carbons (Fsp3) is 0.667. The zero-order valence-electron chi connectivity index (χ0n) is 28.2. The van der Waals surface area contributed by atoms with Crippen molar-refractivity contribution >= 4 is 17.8 Å². The molecular formula is C33H54N4O12. The Hall–Kier alpha value is -4.15. The first-order valence-corrected chi connectivity index (χ1v) is 17.1. The number of unbranched alkanes of at least 4 members (excludes halogenated alkanes) is 8. The number of carbonyl (C=O) groups excluding carboxylic acids is 3. The molecule has 16 heteroatoms. The van der Waals surface area contributed by atoms with Crippen molar-refractivity contribution < 1.29 is 59.1 Å². The van der Waals surface area contributed by atoms with Crippen molar-refractivity contribution in [3.8, 4) is 23.5 Å². The van der Waals surface area contributed by atoms with Gasteiger partial charge in [-0.3, -0.25) is 9.59 Å². The quantitative estimate of drug-likeness (QED) is 0.0481.